The molecule has 1 aromatic heterocycles. The van der Waals surface area contributed by atoms with Gasteiger partial charge in [-0.2, -0.15) is 0 Å². The standard InChI is InChI=1S/C15H14BrClN2/c16-13-8-10(17)4-6-11(13)14(18)12-5-3-9-2-1-7-19-15(9)12/h1-2,4,6-8,12,14H,3,5,18H2. The quantitative estimate of drug-likeness (QED) is 0.891. The molecule has 19 heavy (non-hydrogen) atoms. The second-order valence-electron chi connectivity index (χ2n) is 4.88. The Bertz CT molecular complexity index is 615. The summed E-state index contributed by atoms with van der Waals surface area (Å²) in [5.74, 6) is 0.286. The number of aryl methyl sites for hydroxylation is 1. The minimum atomic E-state index is -0.0530. The molecule has 4 heteroatoms. The van der Waals surface area contributed by atoms with Crippen molar-refractivity contribution in [1.29, 1.82) is 0 Å². The predicted molar refractivity (Wildman–Crippen MR) is 81.4 cm³/mol. The molecule has 2 N–H and O–H groups in total. The molecule has 1 heterocycles. The molecule has 0 radical (unpaired) electrons. The molecule has 2 nitrogen and oxygen atoms in total. The highest BCUT2D eigenvalue weighted by Crippen LogP contribution is 2.41. The highest BCUT2D eigenvalue weighted by atomic mass is 79.9. The number of aromatic nitrogens is 1. The first-order valence-electron chi connectivity index (χ1n) is 6.31. The fraction of sp³-hybridized carbons (Fsp3) is 0.267. The summed E-state index contributed by atoms with van der Waals surface area (Å²) in [4.78, 5) is 4.51. The minimum Gasteiger partial charge on any atom is -0.323 e. The van der Waals surface area contributed by atoms with Crippen LogP contribution in [-0.4, -0.2) is 4.98 Å². The lowest BCUT2D eigenvalue weighted by Gasteiger charge is -2.21. The number of hydrogen-bond donors (Lipinski definition) is 1. The van der Waals surface area contributed by atoms with Crippen molar-refractivity contribution in [2.45, 2.75) is 24.8 Å². The molecule has 2 unspecified atom stereocenters. The molecule has 0 saturated heterocycles. The Balaban J connectivity index is 1.95. The van der Waals surface area contributed by atoms with Crippen LogP contribution in [0.15, 0.2) is 41.0 Å². The lowest BCUT2D eigenvalue weighted by atomic mass is 9.91. The van der Waals surface area contributed by atoms with E-state index in [4.69, 9.17) is 17.3 Å². The first-order valence-corrected chi connectivity index (χ1v) is 7.48. The normalized spacial score (nSPS) is 19.2. The first kappa shape index (κ1) is 13.1. The summed E-state index contributed by atoms with van der Waals surface area (Å²) in [6, 6.07) is 9.86. The van der Waals surface area contributed by atoms with Gasteiger partial charge in [0, 0.05) is 33.3 Å². The average molecular weight is 338 g/mol. The number of halogens is 2. The second kappa shape index (κ2) is 5.23. The summed E-state index contributed by atoms with van der Waals surface area (Å²) in [6.07, 6.45) is 3.97. The van der Waals surface area contributed by atoms with Crippen molar-refractivity contribution in [2.24, 2.45) is 5.73 Å². The zero-order chi connectivity index (χ0) is 13.4. The van der Waals surface area contributed by atoms with Crippen molar-refractivity contribution < 1.29 is 0 Å². The van der Waals surface area contributed by atoms with Crippen molar-refractivity contribution in [3.8, 4) is 0 Å². The molecule has 2 aromatic rings. The van der Waals surface area contributed by atoms with Gasteiger partial charge in [0.05, 0.1) is 0 Å². The Kier molecular flexibility index (Phi) is 3.61. The van der Waals surface area contributed by atoms with Crippen LogP contribution in [0, 0.1) is 0 Å². The molecule has 0 bridgehead atoms. The Morgan fingerprint density at radius 3 is 3.00 bits per heavy atom. The van der Waals surface area contributed by atoms with Crippen LogP contribution in [0.2, 0.25) is 5.02 Å². The third-order valence-electron chi connectivity index (χ3n) is 3.76. The van der Waals surface area contributed by atoms with Crippen LogP contribution >= 0.6 is 27.5 Å². The van der Waals surface area contributed by atoms with Crippen molar-refractivity contribution in [3.63, 3.8) is 0 Å². The number of benzene rings is 1. The van der Waals surface area contributed by atoms with Crippen LogP contribution in [-0.2, 0) is 6.42 Å². The van der Waals surface area contributed by atoms with Gasteiger partial charge in [-0.3, -0.25) is 4.98 Å². The van der Waals surface area contributed by atoms with Gasteiger partial charge in [0.15, 0.2) is 0 Å². The molecule has 0 amide bonds. The summed E-state index contributed by atoms with van der Waals surface area (Å²) in [5.41, 5.74) is 10.0. The van der Waals surface area contributed by atoms with Gasteiger partial charge in [-0.05, 0) is 42.2 Å². The molecular formula is C15H14BrClN2. The summed E-state index contributed by atoms with van der Waals surface area (Å²) < 4.78 is 0.969. The minimum absolute atomic E-state index is 0.0530. The average Bonchev–Trinajstić information content (AvgIpc) is 2.82. The van der Waals surface area contributed by atoms with Crippen molar-refractivity contribution in [1.82, 2.24) is 4.98 Å². The van der Waals surface area contributed by atoms with Gasteiger partial charge >= 0.3 is 0 Å². The number of hydrogen-bond acceptors (Lipinski definition) is 2. The van der Waals surface area contributed by atoms with E-state index < -0.39 is 0 Å². The van der Waals surface area contributed by atoms with E-state index in [0.29, 0.717) is 5.02 Å². The number of pyridine rings is 1. The van der Waals surface area contributed by atoms with E-state index in [9.17, 15) is 0 Å². The third kappa shape index (κ3) is 2.42. The van der Waals surface area contributed by atoms with Crippen molar-refractivity contribution in [3.05, 3.63) is 62.8 Å². The van der Waals surface area contributed by atoms with Gasteiger partial charge in [0.25, 0.3) is 0 Å². The smallest absolute Gasteiger partial charge is 0.0485 e. The molecule has 0 spiro atoms. The summed E-state index contributed by atoms with van der Waals surface area (Å²) in [5, 5.41) is 0.716. The molecule has 0 aliphatic heterocycles. The summed E-state index contributed by atoms with van der Waals surface area (Å²) >= 11 is 9.53. The van der Waals surface area contributed by atoms with E-state index in [2.05, 4.69) is 27.0 Å². The maximum Gasteiger partial charge on any atom is 0.0485 e. The molecule has 98 valence electrons. The van der Waals surface area contributed by atoms with E-state index >= 15 is 0 Å². The van der Waals surface area contributed by atoms with E-state index in [-0.39, 0.29) is 12.0 Å². The van der Waals surface area contributed by atoms with Crippen LogP contribution in [0.25, 0.3) is 0 Å². The van der Waals surface area contributed by atoms with Gasteiger partial charge in [-0.25, -0.2) is 0 Å². The Labute approximate surface area is 126 Å². The Morgan fingerprint density at radius 2 is 2.21 bits per heavy atom. The molecule has 1 aliphatic rings. The van der Waals surface area contributed by atoms with E-state index in [1.165, 1.54) is 5.56 Å². The first-order chi connectivity index (χ1) is 9.16. The highest BCUT2D eigenvalue weighted by molar-refractivity contribution is 9.10. The van der Waals surface area contributed by atoms with Gasteiger partial charge in [-0.1, -0.05) is 39.7 Å². The predicted octanol–water partition coefficient (Wildman–Crippen LogP) is 4.23. The van der Waals surface area contributed by atoms with E-state index in [0.717, 1.165) is 28.6 Å². The molecule has 0 saturated carbocycles. The Hall–Kier alpha value is -0.900. The maximum atomic E-state index is 6.45. The Morgan fingerprint density at radius 1 is 1.37 bits per heavy atom. The number of fused-ring (bicyclic) bond motifs is 1. The molecule has 1 aromatic carbocycles. The van der Waals surface area contributed by atoms with Crippen LogP contribution in [0.1, 0.15) is 35.2 Å². The maximum absolute atomic E-state index is 6.45. The van der Waals surface area contributed by atoms with Gasteiger partial charge < -0.3 is 5.73 Å². The lowest BCUT2D eigenvalue weighted by molar-refractivity contribution is 0.539. The van der Waals surface area contributed by atoms with Crippen LogP contribution in [0.3, 0.4) is 0 Å². The highest BCUT2D eigenvalue weighted by Gasteiger charge is 2.30. The fourth-order valence-electron chi connectivity index (χ4n) is 2.78. The monoisotopic (exact) mass is 336 g/mol. The fourth-order valence-corrected chi connectivity index (χ4v) is 3.73. The number of nitrogens with two attached hydrogens (primary N) is 1. The van der Waals surface area contributed by atoms with E-state index in [1.807, 2.05) is 30.5 Å². The van der Waals surface area contributed by atoms with Gasteiger partial charge in [0.2, 0.25) is 0 Å². The van der Waals surface area contributed by atoms with Crippen molar-refractivity contribution >= 4 is 27.5 Å². The number of nitrogens with zero attached hydrogens (tertiary/aromatic N) is 1. The zero-order valence-corrected chi connectivity index (χ0v) is 12.7. The molecule has 2 atom stereocenters. The third-order valence-corrected chi connectivity index (χ3v) is 4.68. The summed E-state index contributed by atoms with van der Waals surface area (Å²) in [6.45, 7) is 0. The topological polar surface area (TPSA) is 38.9 Å². The zero-order valence-electron chi connectivity index (χ0n) is 10.3. The molecule has 1 aliphatic carbocycles. The van der Waals surface area contributed by atoms with E-state index in [1.54, 1.807) is 0 Å². The summed E-state index contributed by atoms with van der Waals surface area (Å²) in [7, 11) is 0. The second-order valence-corrected chi connectivity index (χ2v) is 6.18. The molecule has 3 rings (SSSR count). The molecule has 0 fully saturated rings. The number of rotatable bonds is 2. The van der Waals surface area contributed by atoms with Crippen LogP contribution < -0.4 is 5.73 Å². The van der Waals surface area contributed by atoms with Crippen LogP contribution in [0.5, 0.6) is 0 Å². The SMILES string of the molecule is NC(c1ccc(Cl)cc1Br)C1CCc2cccnc21. The van der Waals surface area contributed by atoms with Crippen molar-refractivity contribution in [2.75, 3.05) is 0 Å². The lowest BCUT2D eigenvalue weighted by Crippen LogP contribution is -2.19. The molecular weight excluding hydrogens is 324 g/mol. The van der Waals surface area contributed by atoms with Gasteiger partial charge in [-0.15, -0.1) is 0 Å². The van der Waals surface area contributed by atoms with Crippen LogP contribution in [0.4, 0.5) is 0 Å². The van der Waals surface area contributed by atoms with Gasteiger partial charge in [0.1, 0.15) is 0 Å². The largest absolute Gasteiger partial charge is 0.323 e.